The number of nitrogens with one attached hydrogen (secondary N) is 1. The molecule has 0 bridgehead atoms. The Morgan fingerprint density at radius 1 is 1.47 bits per heavy atom. The van der Waals surface area contributed by atoms with E-state index in [2.05, 4.69) is 11.9 Å². The minimum Gasteiger partial charge on any atom is -0.480 e. The van der Waals surface area contributed by atoms with Crippen molar-refractivity contribution in [2.75, 3.05) is 18.4 Å². The number of benzene rings is 1. The molecule has 5 nitrogen and oxygen atoms in total. The summed E-state index contributed by atoms with van der Waals surface area (Å²) in [5, 5.41) is 11.2. The minimum atomic E-state index is -1.16. The van der Waals surface area contributed by atoms with E-state index < -0.39 is 24.4 Å². The largest absolute Gasteiger partial charge is 0.480 e. The fraction of sp³-hybridized carbons (Fsp3) is 0.167. The van der Waals surface area contributed by atoms with Crippen molar-refractivity contribution in [2.45, 2.75) is 0 Å². The Morgan fingerprint density at radius 3 is 2.68 bits per heavy atom. The molecule has 1 aromatic carbocycles. The molecule has 102 valence electrons. The third-order valence-electron chi connectivity index (χ3n) is 2.08. The van der Waals surface area contributed by atoms with Crippen LogP contribution < -0.4 is 5.32 Å². The second-order valence-electron chi connectivity index (χ2n) is 3.65. The predicted molar refractivity (Wildman–Crippen MR) is 69.8 cm³/mol. The molecule has 0 heterocycles. The van der Waals surface area contributed by atoms with Crippen molar-refractivity contribution in [3.63, 3.8) is 0 Å². The molecule has 0 aliphatic carbocycles. The molecule has 7 heteroatoms. The smallest absolute Gasteiger partial charge is 0.323 e. The first-order chi connectivity index (χ1) is 8.92. The summed E-state index contributed by atoms with van der Waals surface area (Å²) in [5.74, 6) is -1.76. The summed E-state index contributed by atoms with van der Waals surface area (Å²) in [5.41, 5.74) is 0.148. The SMILES string of the molecule is C=CCN(CC(=O)O)C(=O)Nc1cc(F)cc(Cl)c1. The number of urea groups is 1. The van der Waals surface area contributed by atoms with Gasteiger partial charge in [0.2, 0.25) is 0 Å². The van der Waals surface area contributed by atoms with Crippen molar-refractivity contribution in [1.82, 2.24) is 4.90 Å². The van der Waals surface area contributed by atoms with E-state index >= 15 is 0 Å². The lowest BCUT2D eigenvalue weighted by molar-refractivity contribution is -0.137. The highest BCUT2D eigenvalue weighted by Crippen LogP contribution is 2.18. The van der Waals surface area contributed by atoms with Crippen LogP contribution in [0.4, 0.5) is 14.9 Å². The van der Waals surface area contributed by atoms with Crippen molar-refractivity contribution in [1.29, 1.82) is 0 Å². The first-order valence-electron chi connectivity index (χ1n) is 5.27. The third-order valence-corrected chi connectivity index (χ3v) is 2.29. The van der Waals surface area contributed by atoms with Crippen molar-refractivity contribution in [3.8, 4) is 0 Å². The fourth-order valence-corrected chi connectivity index (χ4v) is 1.59. The summed E-state index contributed by atoms with van der Waals surface area (Å²) in [6, 6.07) is 2.85. The van der Waals surface area contributed by atoms with Crippen molar-refractivity contribution in [2.24, 2.45) is 0 Å². The van der Waals surface area contributed by atoms with Gasteiger partial charge in [0.15, 0.2) is 0 Å². The average molecular weight is 287 g/mol. The molecule has 1 aromatic rings. The summed E-state index contributed by atoms with van der Waals surface area (Å²) in [6.45, 7) is 3.00. The molecule has 0 fully saturated rings. The van der Waals surface area contributed by atoms with E-state index in [1.165, 1.54) is 12.1 Å². The van der Waals surface area contributed by atoms with Crippen LogP contribution >= 0.6 is 11.6 Å². The maximum Gasteiger partial charge on any atom is 0.323 e. The Labute approximate surface area is 114 Å². The van der Waals surface area contributed by atoms with Crippen LogP contribution in [0, 0.1) is 5.82 Å². The van der Waals surface area contributed by atoms with E-state index in [4.69, 9.17) is 16.7 Å². The number of anilines is 1. The second kappa shape index (κ2) is 6.75. The van der Waals surface area contributed by atoms with E-state index in [9.17, 15) is 14.0 Å². The van der Waals surface area contributed by atoms with E-state index in [1.54, 1.807) is 0 Å². The van der Waals surface area contributed by atoms with Gasteiger partial charge >= 0.3 is 12.0 Å². The van der Waals surface area contributed by atoms with E-state index in [0.29, 0.717) is 0 Å². The van der Waals surface area contributed by atoms with Crippen LogP contribution in [-0.2, 0) is 4.79 Å². The summed E-state index contributed by atoms with van der Waals surface area (Å²) < 4.78 is 13.1. The molecule has 0 radical (unpaired) electrons. The molecule has 0 saturated heterocycles. The number of nitrogens with zero attached hydrogens (tertiary/aromatic N) is 1. The number of halogens is 2. The highest BCUT2D eigenvalue weighted by Gasteiger charge is 2.15. The number of hydrogen-bond donors (Lipinski definition) is 2. The fourth-order valence-electron chi connectivity index (χ4n) is 1.37. The van der Waals surface area contributed by atoms with Crippen molar-refractivity contribution >= 4 is 29.3 Å². The molecule has 0 aliphatic rings. The van der Waals surface area contributed by atoms with Crippen LogP contribution in [0.25, 0.3) is 0 Å². The van der Waals surface area contributed by atoms with Gasteiger partial charge in [0, 0.05) is 17.3 Å². The topological polar surface area (TPSA) is 69.6 Å². The highest BCUT2D eigenvalue weighted by atomic mass is 35.5. The average Bonchev–Trinajstić information content (AvgIpc) is 2.26. The number of carbonyl (C=O) groups is 2. The van der Waals surface area contributed by atoms with Crippen LogP contribution in [0.3, 0.4) is 0 Å². The van der Waals surface area contributed by atoms with Crippen LogP contribution in [0.15, 0.2) is 30.9 Å². The summed E-state index contributed by atoms with van der Waals surface area (Å²) in [7, 11) is 0. The van der Waals surface area contributed by atoms with E-state index in [1.807, 2.05) is 0 Å². The van der Waals surface area contributed by atoms with Gasteiger partial charge in [-0.05, 0) is 18.2 Å². The molecule has 0 atom stereocenters. The molecular weight excluding hydrogens is 275 g/mol. The quantitative estimate of drug-likeness (QED) is 0.817. The Balaban J connectivity index is 2.80. The van der Waals surface area contributed by atoms with Gasteiger partial charge in [0.05, 0.1) is 0 Å². The zero-order valence-corrected chi connectivity index (χ0v) is 10.7. The van der Waals surface area contributed by atoms with E-state index in [0.717, 1.165) is 17.0 Å². The van der Waals surface area contributed by atoms with Gasteiger partial charge in [0.1, 0.15) is 12.4 Å². The number of aliphatic carboxylic acids is 1. The highest BCUT2D eigenvalue weighted by molar-refractivity contribution is 6.30. The number of amides is 2. The van der Waals surface area contributed by atoms with Gasteiger partial charge in [-0.25, -0.2) is 9.18 Å². The summed E-state index contributed by atoms with van der Waals surface area (Å²) >= 11 is 5.64. The second-order valence-corrected chi connectivity index (χ2v) is 4.09. The lowest BCUT2D eigenvalue weighted by atomic mass is 10.3. The summed E-state index contributed by atoms with van der Waals surface area (Å²) in [6.07, 6.45) is 1.39. The maximum atomic E-state index is 13.1. The molecule has 0 aliphatic heterocycles. The Bertz CT molecular complexity index is 487. The first kappa shape index (κ1) is 15.0. The normalized spacial score (nSPS) is 9.79. The molecule has 0 saturated carbocycles. The zero-order chi connectivity index (χ0) is 14.4. The van der Waals surface area contributed by atoms with Gasteiger partial charge in [-0.2, -0.15) is 0 Å². The molecule has 0 unspecified atom stereocenters. The zero-order valence-electron chi connectivity index (χ0n) is 9.90. The predicted octanol–water partition coefficient (Wildman–Crippen LogP) is 2.58. The van der Waals surface area contributed by atoms with Crippen LogP contribution in [0.2, 0.25) is 5.02 Å². The molecule has 0 spiro atoms. The van der Waals surface area contributed by atoms with Crippen LogP contribution in [0.1, 0.15) is 0 Å². The standard InChI is InChI=1S/C12H12ClFN2O3/c1-2-3-16(7-11(17)18)12(19)15-10-5-8(13)4-9(14)6-10/h2,4-6H,1,3,7H2,(H,15,19)(H,17,18). The Morgan fingerprint density at radius 2 is 2.16 bits per heavy atom. The van der Waals surface area contributed by atoms with Gasteiger partial charge in [-0.1, -0.05) is 17.7 Å². The Kier molecular flexibility index (Phi) is 5.32. The van der Waals surface area contributed by atoms with Crippen LogP contribution in [-0.4, -0.2) is 35.1 Å². The molecule has 2 N–H and O–H groups in total. The maximum absolute atomic E-state index is 13.1. The lowest BCUT2D eigenvalue weighted by Crippen LogP contribution is -2.38. The lowest BCUT2D eigenvalue weighted by Gasteiger charge is -2.19. The third kappa shape index (κ3) is 4.97. The number of carboxylic acid groups (broad SMARTS) is 1. The molecule has 1 rings (SSSR count). The molecular formula is C12H12ClFN2O3. The van der Waals surface area contributed by atoms with Crippen molar-refractivity contribution < 1.29 is 19.1 Å². The molecule has 19 heavy (non-hydrogen) atoms. The van der Waals surface area contributed by atoms with Gasteiger partial charge < -0.3 is 15.3 Å². The van der Waals surface area contributed by atoms with Crippen LogP contribution in [0.5, 0.6) is 0 Å². The number of carbonyl (C=O) groups excluding carboxylic acids is 1. The van der Waals surface area contributed by atoms with Crippen molar-refractivity contribution in [3.05, 3.63) is 41.7 Å². The van der Waals surface area contributed by atoms with Gasteiger partial charge in [-0.15, -0.1) is 6.58 Å². The van der Waals surface area contributed by atoms with Gasteiger partial charge in [0.25, 0.3) is 0 Å². The first-order valence-corrected chi connectivity index (χ1v) is 5.65. The minimum absolute atomic E-state index is 0.0567. The van der Waals surface area contributed by atoms with E-state index in [-0.39, 0.29) is 17.3 Å². The summed E-state index contributed by atoms with van der Waals surface area (Å²) in [4.78, 5) is 23.4. The Hall–Kier alpha value is -2.08. The molecule has 2 amide bonds. The van der Waals surface area contributed by atoms with Gasteiger partial charge in [-0.3, -0.25) is 4.79 Å². The number of hydrogen-bond acceptors (Lipinski definition) is 2. The number of rotatable bonds is 5. The monoisotopic (exact) mass is 286 g/mol. The molecule has 0 aromatic heterocycles. The number of carboxylic acids is 1.